The van der Waals surface area contributed by atoms with E-state index in [0.29, 0.717) is 11.3 Å². The van der Waals surface area contributed by atoms with Crippen molar-refractivity contribution in [2.75, 3.05) is 26.3 Å². The summed E-state index contributed by atoms with van der Waals surface area (Å²) in [7, 11) is 0. The molecule has 1 rings (SSSR count). The molecule has 2 nitrogen and oxygen atoms in total. The van der Waals surface area contributed by atoms with Gasteiger partial charge in [-0.25, -0.2) is 0 Å². The average Bonchev–Trinajstić information content (AvgIpc) is 2.13. The molecule has 1 atom stereocenters. The predicted molar refractivity (Wildman–Crippen MR) is 69.7 cm³/mol. The summed E-state index contributed by atoms with van der Waals surface area (Å²) >= 11 is 0. The number of hydrogen-bond acceptors (Lipinski definition) is 2. The lowest BCUT2D eigenvalue weighted by Gasteiger charge is -2.51. The molecule has 16 heavy (non-hydrogen) atoms. The summed E-state index contributed by atoms with van der Waals surface area (Å²) in [6, 6.07) is 0.753. The smallest absolute Gasteiger partial charge is 0.0544 e. The van der Waals surface area contributed by atoms with Crippen molar-refractivity contribution in [3.05, 3.63) is 0 Å². The van der Waals surface area contributed by atoms with Crippen molar-refractivity contribution in [1.29, 1.82) is 0 Å². The van der Waals surface area contributed by atoms with Crippen LogP contribution in [0.15, 0.2) is 0 Å². The average molecular weight is 227 g/mol. The maximum Gasteiger partial charge on any atom is 0.0544 e. The third-order valence-corrected chi connectivity index (χ3v) is 3.40. The van der Waals surface area contributed by atoms with Gasteiger partial charge in [-0.2, -0.15) is 0 Å². The Balaban J connectivity index is 2.16. The molecule has 0 aliphatic carbocycles. The molecule has 0 radical (unpaired) electrons. The van der Waals surface area contributed by atoms with Crippen molar-refractivity contribution >= 4 is 0 Å². The Morgan fingerprint density at radius 3 is 2.38 bits per heavy atom. The zero-order valence-electron chi connectivity index (χ0n) is 11.8. The zero-order valence-corrected chi connectivity index (χ0v) is 11.8. The van der Waals surface area contributed by atoms with Crippen LogP contribution in [0.1, 0.15) is 47.5 Å². The van der Waals surface area contributed by atoms with Gasteiger partial charge in [-0.05, 0) is 19.3 Å². The SMILES string of the molecule is CCCC(C)N1CC(C)(COCC(C)C)C1. The van der Waals surface area contributed by atoms with E-state index in [4.69, 9.17) is 4.74 Å². The minimum atomic E-state index is 0.414. The van der Waals surface area contributed by atoms with E-state index in [1.165, 1.54) is 25.9 Å². The molecule has 1 aliphatic rings. The van der Waals surface area contributed by atoms with Gasteiger partial charge in [0.05, 0.1) is 6.61 Å². The maximum atomic E-state index is 5.76. The molecule has 1 fully saturated rings. The Morgan fingerprint density at radius 1 is 1.25 bits per heavy atom. The fourth-order valence-electron chi connectivity index (χ4n) is 2.48. The summed E-state index contributed by atoms with van der Waals surface area (Å²) in [4.78, 5) is 2.59. The van der Waals surface area contributed by atoms with E-state index in [0.717, 1.165) is 19.3 Å². The van der Waals surface area contributed by atoms with Crippen LogP contribution in [0, 0.1) is 11.3 Å². The molecular formula is C14H29NO. The van der Waals surface area contributed by atoms with Gasteiger partial charge < -0.3 is 4.74 Å². The highest BCUT2D eigenvalue weighted by atomic mass is 16.5. The summed E-state index contributed by atoms with van der Waals surface area (Å²) in [5.41, 5.74) is 0.414. The van der Waals surface area contributed by atoms with Gasteiger partial charge in [0, 0.05) is 31.2 Å². The highest BCUT2D eigenvalue weighted by Crippen LogP contribution is 2.32. The number of ether oxygens (including phenoxy) is 1. The largest absolute Gasteiger partial charge is 0.381 e. The molecule has 0 spiro atoms. The first kappa shape index (κ1) is 14.0. The maximum absolute atomic E-state index is 5.76. The molecule has 96 valence electrons. The first-order valence-corrected chi connectivity index (χ1v) is 6.78. The molecule has 1 aliphatic heterocycles. The lowest BCUT2D eigenvalue weighted by Crippen LogP contribution is -2.59. The molecule has 1 heterocycles. The minimum Gasteiger partial charge on any atom is -0.381 e. The number of hydrogen-bond donors (Lipinski definition) is 0. The van der Waals surface area contributed by atoms with Crippen molar-refractivity contribution in [3.8, 4) is 0 Å². The van der Waals surface area contributed by atoms with Gasteiger partial charge in [0.25, 0.3) is 0 Å². The van der Waals surface area contributed by atoms with Gasteiger partial charge >= 0.3 is 0 Å². The Kier molecular flexibility index (Phi) is 5.26. The van der Waals surface area contributed by atoms with Crippen LogP contribution < -0.4 is 0 Å². The Labute approximate surface area is 101 Å². The second kappa shape index (κ2) is 6.02. The Morgan fingerprint density at radius 2 is 1.88 bits per heavy atom. The van der Waals surface area contributed by atoms with Crippen LogP contribution in [0.25, 0.3) is 0 Å². The third-order valence-electron chi connectivity index (χ3n) is 3.40. The van der Waals surface area contributed by atoms with Gasteiger partial charge in [-0.15, -0.1) is 0 Å². The second-order valence-corrected chi connectivity index (χ2v) is 6.26. The minimum absolute atomic E-state index is 0.414. The normalized spacial score (nSPS) is 22.1. The van der Waals surface area contributed by atoms with E-state index in [2.05, 4.69) is 39.5 Å². The molecule has 0 aromatic heterocycles. The van der Waals surface area contributed by atoms with Crippen LogP contribution in [-0.4, -0.2) is 37.2 Å². The van der Waals surface area contributed by atoms with Crippen molar-refractivity contribution in [2.24, 2.45) is 11.3 Å². The van der Waals surface area contributed by atoms with Gasteiger partial charge in [0.1, 0.15) is 0 Å². The lowest BCUT2D eigenvalue weighted by atomic mass is 9.81. The summed E-state index contributed by atoms with van der Waals surface area (Å²) in [5.74, 6) is 0.652. The summed E-state index contributed by atoms with van der Waals surface area (Å²) in [6.07, 6.45) is 2.61. The van der Waals surface area contributed by atoms with Gasteiger partial charge in [-0.3, -0.25) is 4.90 Å². The standard InChI is InChI=1S/C14H29NO/c1-6-7-13(4)15-9-14(5,10-15)11-16-8-12(2)3/h12-13H,6-11H2,1-5H3. The molecule has 0 bridgehead atoms. The Bertz CT molecular complexity index is 197. The van der Waals surface area contributed by atoms with Gasteiger partial charge in [0.15, 0.2) is 0 Å². The number of rotatable bonds is 7. The molecule has 0 N–H and O–H groups in total. The quantitative estimate of drug-likeness (QED) is 0.662. The Hall–Kier alpha value is -0.0800. The molecule has 1 unspecified atom stereocenters. The van der Waals surface area contributed by atoms with E-state index < -0.39 is 0 Å². The van der Waals surface area contributed by atoms with Crippen molar-refractivity contribution in [3.63, 3.8) is 0 Å². The summed E-state index contributed by atoms with van der Waals surface area (Å²) in [5, 5.41) is 0. The van der Waals surface area contributed by atoms with Gasteiger partial charge in [-0.1, -0.05) is 34.1 Å². The van der Waals surface area contributed by atoms with E-state index in [9.17, 15) is 0 Å². The molecule has 1 saturated heterocycles. The second-order valence-electron chi connectivity index (χ2n) is 6.26. The molecule has 0 aromatic rings. The first-order valence-electron chi connectivity index (χ1n) is 6.78. The fourth-order valence-corrected chi connectivity index (χ4v) is 2.48. The highest BCUT2D eigenvalue weighted by molar-refractivity contribution is 4.93. The van der Waals surface area contributed by atoms with Crippen molar-refractivity contribution < 1.29 is 4.74 Å². The van der Waals surface area contributed by atoms with E-state index >= 15 is 0 Å². The molecule has 2 heteroatoms. The topological polar surface area (TPSA) is 12.5 Å². The van der Waals surface area contributed by atoms with Crippen LogP contribution in [0.4, 0.5) is 0 Å². The first-order chi connectivity index (χ1) is 7.47. The van der Waals surface area contributed by atoms with Crippen LogP contribution in [0.2, 0.25) is 0 Å². The summed E-state index contributed by atoms with van der Waals surface area (Å²) in [6.45, 7) is 15.6. The fraction of sp³-hybridized carbons (Fsp3) is 1.00. The third kappa shape index (κ3) is 4.06. The van der Waals surface area contributed by atoms with Crippen LogP contribution in [0.3, 0.4) is 0 Å². The molecule has 0 saturated carbocycles. The van der Waals surface area contributed by atoms with E-state index in [-0.39, 0.29) is 0 Å². The summed E-state index contributed by atoms with van der Waals surface area (Å²) < 4.78 is 5.76. The van der Waals surface area contributed by atoms with Crippen molar-refractivity contribution in [2.45, 2.75) is 53.5 Å². The van der Waals surface area contributed by atoms with Gasteiger partial charge in [0.2, 0.25) is 0 Å². The van der Waals surface area contributed by atoms with E-state index in [1.807, 2.05) is 0 Å². The monoisotopic (exact) mass is 227 g/mol. The number of likely N-dealkylation sites (tertiary alicyclic amines) is 1. The highest BCUT2D eigenvalue weighted by Gasteiger charge is 2.40. The molecular weight excluding hydrogens is 198 g/mol. The molecule has 0 aromatic carbocycles. The predicted octanol–water partition coefficient (Wildman–Crippen LogP) is 3.17. The number of nitrogens with zero attached hydrogens (tertiary/aromatic N) is 1. The van der Waals surface area contributed by atoms with Crippen LogP contribution in [-0.2, 0) is 4.74 Å². The zero-order chi connectivity index (χ0) is 12.2. The van der Waals surface area contributed by atoms with E-state index in [1.54, 1.807) is 0 Å². The van der Waals surface area contributed by atoms with Crippen LogP contribution in [0.5, 0.6) is 0 Å². The molecule has 0 amide bonds. The lowest BCUT2D eigenvalue weighted by molar-refractivity contribution is -0.0752. The van der Waals surface area contributed by atoms with Crippen molar-refractivity contribution in [1.82, 2.24) is 4.90 Å². The van der Waals surface area contributed by atoms with Crippen LogP contribution >= 0.6 is 0 Å².